The van der Waals surface area contributed by atoms with E-state index < -0.39 is 11.7 Å². The Balaban J connectivity index is 1.66. The van der Waals surface area contributed by atoms with Gasteiger partial charge in [0.25, 0.3) is 0 Å². The number of rotatable bonds is 3. The highest BCUT2D eigenvalue weighted by Gasteiger charge is 2.34. The van der Waals surface area contributed by atoms with Gasteiger partial charge < -0.3 is 0 Å². The van der Waals surface area contributed by atoms with Crippen molar-refractivity contribution in [1.82, 2.24) is 19.9 Å². The first kappa shape index (κ1) is 19.8. The first-order valence-electron chi connectivity index (χ1n) is 9.72. The van der Waals surface area contributed by atoms with Crippen LogP contribution in [-0.2, 0) is 12.7 Å². The summed E-state index contributed by atoms with van der Waals surface area (Å²) < 4.78 is 40.1. The van der Waals surface area contributed by atoms with Crippen LogP contribution in [-0.4, -0.2) is 32.9 Å². The maximum Gasteiger partial charge on any atom is 0.418 e. The second-order valence-corrected chi connectivity index (χ2v) is 8.44. The molecule has 1 fully saturated rings. The van der Waals surface area contributed by atoms with Crippen LogP contribution in [0.1, 0.15) is 38.1 Å². The minimum absolute atomic E-state index is 0.0835. The average Bonchev–Trinajstić information content (AvgIpc) is 2.66. The molecule has 0 bridgehead atoms. The molecule has 0 radical (unpaired) electrons. The van der Waals surface area contributed by atoms with Gasteiger partial charge in [0.05, 0.1) is 23.3 Å². The maximum absolute atomic E-state index is 13.4. The predicted molar refractivity (Wildman–Crippen MR) is 106 cm³/mol. The topological polar surface area (TPSA) is 41.9 Å². The van der Waals surface area contributed by atoms with Crippen molar-refractivity contribution < 1.29 is 13.2 Å². The van der Waals surface area contributed by atoms with Crippen molar-refractivity contribution >= 4 is 10.9 Å². The monoisotopic (exact) mass is 400 g/mol. The van der Waals surface area contributed by atoms with Crippen LogP contribution in [0, 0.1) is 5.41 Å². The number of benzene rings is 1. The van der Waals surface area contributed by atoms with Crippen LogP contribution >= 0.6 is 0 Å². The summed E-state index contributed by atoms with van der Waals surface area (Å²) in [5.41, 5.74) is 0.468. The van der Waals surface area contributed by atoms with Gasteiger partial charge in [0, 0.05) is 29.9 Å². The summed E-state index contributed by atoms with van der Waals surface area (Å²) in [6.07, 6.45) is 0.996. The van der Waals surface area contributed by atoms with E-state index in [-0.39, 0.29) is 11.1 Å². The number of nitrogens with zero attached hydrogens (tertiary/aromatic N) is 4. The Bertz CT molecular complexity index is 1030. The zero-order chi connectivity index (χ0) is 20.6. The van der Waals surface area contributed by atoms with Crippen molar-refractivity contribution in [2.75, 3.05) is 13.1 Å². The molecule has 7 heteroatoms. The lowest BCUT2D eigenvalue weighted by Crippen LogP contribution is -2.39. The molecule has 3 aromatic rings. The maximum atomic E-state index is 13.4. The molecule has 0 spiro atoms. The Labute approximate surface area is 167 Å². The van der Waals surface area contributed by atoms with Gasteiger partial charge in [-0.15, -0.1) is 0 Å². The number of hydrogen-bond acceptors (Lipinski definition) is 4. The van der Waals surface area contributed by atoms with Gasteiger partial charge in [0.15, 0.2) is 0 Å². The Morgan fingerprint density at radius 3 is 2.72 bits per heavy atom. The van der Waals surface area contributed by atoms with Gasteiger partial charge in [0.1, 0.15) is 5.82 Å². The Kier molecular flexibility index (Phi) is 5.02. The third kappa shape index (κ3) is 4.40. The van der Waals surface area contributed by atoms with E-state index in [0.29, 0.717) is 23.4 Å². The number of likely N-dealkylation sites (tertiary alicyclic amines) is 1. The third-order valence-electron chi connectivity index (χ3n) is 5.36. The second kappa shape index (κ2) is 7.37. The van der Waals surface area contributed by atoms with Crippen molar-refractivity contribution in [3.8, 4) is 11.3 Å². The molecule has 4 nitrogen and oxygen atoms in total. The van der Waals surface area contributed by atoms with Gasteiger partial charge >= 0.3 is 6.18 Å². The second-order valence-electron chi connectivity index (χ2n) is 8.44. The zero-order valence-corrected chi connectivity index (χ0v) is 16.5. The molecular weight excluding hydrogens is 377 g/mol. The summed E-state index contributed by atoms with van der Waals surface area (Å²) in [5.74, 6) is 0.685. The molecule has 0 aliphatic carbocycles. The van der Waals surface area contributed by atoms with Crippen LogP contribution in [0.15, 0.2) is 42.7 Å². The zero-order valence-electron chi connectivity index (χ0n) is 16.5. The molecule has 1 aromatic carbocycles. The predicted octanol–water partition coefficient (Wildman–Crippen LogP) is 5.33. The molecule has 0 amide bonds. The van der Waals surface area contributed by atoms with E-state index in [1.807, 2.05) is 0 Å². The molecular formula is C22H23F3N4. The molecule has 1 saturated heterocycles. The SMILES string of the molecule is CC1(C)CCCN(Cc2ncc3ccc(-c4ncccc4C(F)(F)F)cc3n2)C1. The van der Waals surface area contributed by atoms with Gasteiger partial charge in [-0.05, 0) is 43.0 Å². The molecule has 2 aromatic heterocycles. The van der Waals surface area contributed by atoms with E-state index in [1.165, 1.54) is 18.7 Å². The number of hydrogen-bond donors (Lipinski definition) is 0. The first-order valence-corrected chi connectivity index (χ1v) is 9.72. The van der Waals surface area contributed by atoms with Crippen LogP contribution in [0.5, 0.6) is 0 Å². The van der Waals surface area contributed by atoms with Crippen LogP contribution in [0.3, 0.4) is 0 Å². The quantitative estimate of drug-likeness (QED) is 0.596. The number of piperidine rings is 1. The molecule has 0 saturated carbocycles. The molecule has 1 aliphatic rings. The van der Waals surface area contributed by atoms with Gasteiger partial charge in [0.2, 0.25) is 0 Å². The molecule has 29 heavy (non-hydrogen) atoms. The summed E-state index contributed by atoms with van der Waals surface area (Å²) in [6.45, 7) is 7.15. The molecule has 0 unspecified atom stereocenters. The average molecular weight is 400 g/mol. The molecule has 1 aliphatic heterocycles. The van der Waals surface area contributed by atoms with Crippen LogP contribution in [0.2, 0.25) is 0 Å². The Morgan fingerprint density at radius 1 is 1.14 bits per heavy atom. The third-order valence-corrected chi connectivity index (χ3v) is 5.36. The number of fused-ring (bicyclic) bond motifs is 1. The fraction of sp³-hybridized carbons (Fsp3) is 0.409. The highest BCUT2D eigenvalue weighted by molar-refractivity contribution is 5.83. The molecule has 0 atom stereocenters. The van der Waals surface area contributed by atoms with Crippen LogP contribution in [0.4, 0.5) is 13.2 Å². The minimum Gasteiger partial charge on any atom is -0.295 e. The highest BCUT2D eigenvalue weighted by Crippen LogP contribution is 2.36. The van der Waals surface area contributed by atoms with Crippen LogP contribution < -0.4 is 0 Å². The first-order chi connectivity index (χ1) is 13.7. The lowest BCUT2D eigenvalue weighted by atomic mass is 9.84. The van der Waals surface area contributed by atoms with Gasteiger partial charge in [-0.25, -0.2) is 9.97 Å². The van der Waals surface area contributed by atoms with Crippen LogP contribution in [0.25, 0.3) is 22.2 Å². The molecule has 4 rings (SSSR count). The number of halogens is 3. The largest absolute Gasteiger partial charge is 0.418 e. The summed E-state index contributed by atoms with van der Waals surface area (Å²) in [6, 6.07) is 7.39. The van der Waals surface area contributed by atoms with Crippen molar-refractivity contribution in [2.24, 2.45) is 5.41 Å². The summed E-state index contributed by atoms with van der Waals surface area (Å²) in [5, 5.41) is 0.793. The fourth-order valence-electron chi connectivity index (χ4n) is 4.03. The number of aromatic nitrogens is 3. The Morgan fingerprint density at radius 2 is 1.97 bits per heavy atom. The van der Waals surface area contributed by atoms with Crippen molar-refractivity contribution in [2.45, 2.75) is 39.4 Å². The molecule has 0 N–H and O–H groups in total. The Hall–Kier alpha value is -2.54. The van der Waals surface area contributed by atoms with Gasteiger partial charge in [-0.2, -0.15) is 13.2 Å². The van der Waals surface area contributed by atoms with E-state index in [1.54, 1.807) is 24.4 Å². The smallest absolute Gasteiger partial charge is 0.295 e. The van der Waals surface area contributed by atoms with E-state index in [4.69, 9.17) is 0 Å². The van der Waals surface area contributed by atoms with Gasteiger partial charge in [-0.3, -0.25) is 9.88 Å². The van der Waals surface area contributed by atoms with E-state index in [9.17, 15) is 13.2 Å². The number of alkyl halides is 3. The van der Waals surface area contributed by atoms with E-state index in [0.717, 1.165) is 31.0 Å². The minimum atomic E-state index is -4.46. The summed E-state index contributed by atoms with van der Waals surface area (Å²) in [7, 11) is 0. The summed E-state index contributed by atoms with van der Waals surface area (Å²) >= 11 is 0. The lowest BCUT2D eigenvalue weighted by molar-refractivity contribution is -0.137. The lowest BCUT2D eigenvalue weighted by Gasteiger charge is -2.37. The standard InChI is InChI=1S/C22H23F3N4/c1-21(2)8-4-10-29(14-21)13-19-27-12-16-7-6-15(11-18(16)28-19)20-17(22(23,24)25)5-3-9-26-20/h3,5-7,9,11-12H,4,8,10,13-14H2,1-2H3. The van der Waals surface area contributed by atoms with Crippen molar-refractivity contribution in [1.29, 1.82) is 0 Å². The molecule has 3 heterocycles. The highest BCUT2D eigenvalue weighted by atomic mass is 19.4. The molecule has 152 valence electrons. The van der Waals surface area contributed by atoms with E-state index in [2.05, 4.69) is 33.7 Å². The van der Waals surface area contributed by atoms with Crippen molar-refractivity contribution in [3.63, 3.8) is 0 Å². The fourth-order valence-corrected chi connectivity index (χ4v) is 4.03. The normalized spacial score (nSPS) is 17.6. The summed E-state index contributed by atoms with van der Waals surface area (Å²) in [4.78, 5) is 15.4. The number of pyridine rings is 1. The van der Waals surface area contributed by atoms with Gasteiger partial charge in [-0.1, -0.05) is 26.0 Å². The van der Waals surface area contributed by atoms with E-state index >= 15 is 0 Å². The van der Waals surface area contributed by atoms with Crippen molar-refractivity contribution in [3.05, 3.63) is 54.1 Å².